The molecule has 2 nitrogen and oxygen atoms in total. The summed E-state index contributed by atoms with van der Waals surface area (Å²) in [5.41, 5.74) is 1.29. The van der Waals surface area contributed by atoms with Crippen molar-refractivity contribution in [1.29, 1.82) is 0 Å². The fraction of sp³-hybridized carbons (Fsp3) is 0.500. The molecule has 0 fully saturated rings. The molecule has 3 heteroatoms. The first kappa shape index (κ1) is 10.4. The van der Waals surface area contributed by atoms with Crippen LogP contribution in [0.1, 0.15) is 18.9 Å². The van der Waals surface area contributed by atoms with E-state index < -0.39 is 0 Å². The number of hydrogen-bond donors (Lipinski definition) is 1. The van der Waals surface area contributed by atoms with Crippen molar-refractivity contribution in [3.8, 4) is 0 Å². The molecule has 13 heavy (non-hydrogen) atoms. The molecule has 0 radical (unpaired) electrons. The van der Waals surface area contributed by atoms with Crippen molar-refractivity contribution in [1.82, 2.24) is 4.98 Å². The number of nitrogens with one attached hydrogen (secondary N) is 1. The maximum absolute atomic E-state index is 4.31. The molecule has 0 amide bonds. The highest BCUT2D eigenvalue weighted by Gasteiger charge is 1.93. The molecule has 0 saturated carbocycles. The second kappa shape index (κ2) is 5.86. The van der Waals surface area contributed by atoms with Gasteiger partial charge in [-0.05, 0) is 24.3 Å². The van der Waals surface area contributed by atoms with Crippen LogP contribution in [-0.4, -0.2) is 17.8 Å². The van der Waals surface area contributed by atoms with Crippen LogP contribution in [0.2, 0.25) is 0 Å². The van der Waals surface area contributed by atoms with Crippen molar-refractivity contribution in [3.05, 3.63) is 23.9 Å². The maximum atomic E-state index is 4.31. The lowest BCUT2D eigenvalue weighted by molar-refractivity contribution is 0.968. The van der Waals surface area contributed by atoms with Gasteiger partial charge in [0.05, 0.1) is 0 Å². The van der Waals surface area contributed by atoms with E-state index in [9.17, 15) is 0 Å². The number of pyridine rings is 1. The summed E-state index contributed by atoms with van der Waals surface area (Å²) in [7, 11) is 0. The first-order chi connectivity index (χ1) is 6.36. The Hall–Kier alpha value is -0.700. The molecule has 0 atom stereocenters. The molecule has 1 rings (SSSR count). The maximum Gasteiger partial charge on any atom is 0.125 e. The Balaban J connectivity index is 2.48. The van der Waals surface area contributed by atoms with Gasteiger partial charge in [-0.15, -0.1) is 0 Å². The summed E-state index contributed by atoms with van der Waals surface area (Å²) in [4.78, 5) is 4.31. The Morgan fingerprint density at radius 2 is 2.31 bits per heavy atom. The highest BCUT2D eigenvalue weighted by atomic mass is 32.2. The molecule has 1 N–H and O–H groups in total. The van der Waals surface area contributed by atoms with Crippen LogP contribution in [0.5, 0.6) is 0 Å². The highest BCUT2D eigenvalue weighted by Crippen LogP contribution is 2.10. The van der Waals surface area contributed by atoms with Gasteiger partial charge in [-0.25, -0.2) is 4.98 Å². The van der Waals surface area contributed by atoms with E-state index in [0.717, 1.165) is 24.5 Å². The average Bonchev–Trinajstić information content (AvgIpc) is 2.17. The van der Waals surface area contributed by atoms with Crippen molar-refractivity contribution in [2.45, 2.75) is 19.1 Å². The fourth-order valence-electron chi connectivity index (χ4n) is 1.03. The van der Waals surface area contributed by atoms with Gasteiger partial charge in [0.25, 0.3) is 0 Å². The molecule has 0 spiro atoms. The van der Waals surface area contributed by atoms with Crippen molar-refractivity contribution < 1.29 is 0 Å². The Morgan fingerprint density at radius 1 is 1.46 bits per heavy atom. The van der Waals surface area contributed by atoms with E-state index in [1.807, 2.05) is 24.0 Å². The summed E-state index contributed by atoms with van der Waals surface area (Å²) in [5, 5.41) is 3.25. The van der Waals surface area contributed by atoms with Gasteiger partial charge in [0, 0.05) is 18.5 Å². The van der Waals surface area contributed by atoms with Crippen LogP contribution in [0.25, 0.3) is 0 Å². The molecule has 0 bridgehead atoms. The molecule has 0 aliphatic rings. The molecular weight excluding hydrogens is 180 g/mol. The second-order valence-corrected chi connectivity index (χ2v) is 3.78. The molecule has 0 saturated heterocycles. The monoisotopic (exact) mass is 196 g/mol. The minimum Gasteiger partial charge on any atom is -0.370 e. The standard InChI is InChI=1S/C10H16N2S/c1-3-6-11-10-5-4-9(7-12-10)8-13-2/h4-5,7H,3,6,8H2,1-2H3,(H,11,12). The zero-order valence-electron chi connectivity index (χ0n) is 8.21. The minimum atomic E-state index is 0.978. The number of hydrogen-bond acceptors (Lipinski definition) is 3. The van der Waals surface area contributed by atoms with Crippen LogP contribution in [0.15, 0.2) is 18.3 Å². The molecular formula is C10H16N2S. The van der Waals surface area contributed by atoms with E-state index in [1.165, 1.54) is 5.56 Å². The number of rotatable bonds is 5. The van der Waals surface area contributed by atoms with Crippen LogP contribution in [-0.2, 0) is 5.75 Å². The van der Waals surface area contributed by atoms with Gasteiger partial charge in [-0.2, -0.15) is 11.8 Å². The van der Waals surface area contributed by atoms with Gasteiger partial charge >= 0.3 is 0 Å². The lowest BCUT2D eigenvalue weighted by Gasteiger charge is -2.03. The summed E-state index contributed by atoms with van der Waals surface area (Å²) < 4.78 is 0. The Bertz CT molecular complexity index is 233. The molecule has 0 aliphatic carbocycles. The number of thioether (sulfide) groups is 1. The lowest BCUT2D eigenvalue weighted by Crippen LogP contribution is -2.01. The summed E-state index contributed by atoms with van der Waals surface area (Å²) >= 11 is 1.82. The Labute approximate surface area is 84.1 Å². The van der Waals surface area contributed by atoms with E-state index in [-0.39, 0.29) is 0 Å². The number of anilines is 1. The van der Waals surface area contributed by atoms with Gasteiger partial charge in [0.15, 0.2) is 0 Å². The van der Waals surface area contributed by atoms with Crippen LogP contribution in [0.4, 0.5) is 5.82 Å². The van der Waals surface area contributed by atoms with E-state index in [1.54, 1.807) is 0 Å². The van der Waals surface area contributed by atoms with E-state index >= 15 is 0 Å². The highest BCUT2D eigenvalue weighted by molar-refractivity contribution is 7.97. The third-order valence-corrected chi connectivity index (χ3v) is 2.31. The summed E-state index contributed by atoms with van der Waals surface area (Å²) in [5.74, 6) is 2.02. The predicted molar refractivity (Wildman–Crippen MR) is 60.2 cm³/mol. The smallest absolute Gasteiger partial charge is 0.125 e. The number of aromatic nitrogens is 1. The Morgan fingerprint density at radius 3 is 2.85 bits per heavy atom. The van der Waals surface area contributed by atoms with Crippen molar-refractivity contribution in [2.24, 2.45) is 0 Å². The molecule has 1 aromatic heterocycles. The SMILES string of the molecule is CCCNc1ccc(CSC)cn1. The summed E-state index contributed by atoms with van der Waals surface area (Å²) in [6, 6.07) is 4.17. The van der Waals surface area contributed by atoms with E-state index in [2.05, 4.69) is 29.5 Å². The van der Waals surface area contributed by atoms with Crippen LogP contribution < -0.4 is 5.32 Å². The van der Waals surface area contributed by atoms with Gasteiger partial charge in [-0.3, -0.25) is 0 Å². The lowest BCUT2D eigenvalue weighted by atomic mass is 10.3. The first-order valence-corrected chi connectivity index (χ1v) is 5.94. The summed E-state index contributed by atoms with van der Waals surface area (Å²) in [6.45, 7) is 3.14. The topological polar surface area (TPSA) is 24.9 Å². The zero-order chi connectivity index (χ0) is 9.52. The average molecular weight is 196 g/mol. The minimum absolute atomic E-state index is 0.978. The summed E-state index contributed by atoms with van der Waals surface area (Å²) in [6.07, 6.45) is 5.17. The van der Waals surface area contributed by atoms with Crippen LogP contribution >= 0.6 is 11.8 Å². The normalized spacial score (nSPS) is 10.0. The van der Waals surface area contributed by atoms with Crippen molar-refractivity contribution >= 4 is 17.6 Å². The quantitative estimate of drug-likeness (QED) is 0.784. The van der Waals surface area contributed by atoms with Gasteiger partial charge < -0.3 is 5.32 Å². The number of nitrogens with zero attached hydrogens (tertiary/aromatic N) is 1. The van der Waals surface area contributed by atoms with Crippen molar-refractivity contribution in [2.75, 3.05) is 18.1 Å². The first-order valence-electron chi connectivity index (χ1n) is 4.54. The molecule has 1 heterocycles. The predicted octanol–water partition coefficient (Wildman–Crippen LogP) is 2.77. The van der Waals surface area contributed by atoms with Crippen molar-refractivity contribution in [3.63, 3.8) is 0 Å². The zero-order valence-corrected chi connectivity index (χ0v) is 9.03. The molecule has 1 aromatic rings. The molecule has 0 aromatic carbocycles. The van der Waals surface area contributed by atoms with E-state index in [0.29, 0.717) is 0 Å². The van der Waals surface area contributed by atoms with Gasteiger partial charge in [0.2, 0.25) is 0 Å². The molecule has 0 unspecified atom stereocenters. The fourth-order valence-corrected chi connectivity index (χ4v) is 1.54. The van der Waals surface area contributed by atoms with Crippen LogP contribution in [0, 0.1) is 0 Å². The third kappa shape index (κ3) is 3.68. The van der Waals surface area contributed by atoms with Gasteiger partial charge in [0.1, 0.15) is 5.82 Å². The Kier molecular flexibility index (Phi) is 4.68. The van der Waals surface area contributed by atoms with Gasteiger partial charge in [-0.1, -0.05) is 13.0 Å². The third-order valence-electron chi connectivity index (χ3n) is 1.69. The molecule has 72 valence electrons. The van der Waals surface area contributed by atoms with Crippen LogP contribution in [0.3, 0.4) is 0 Å². The van der Waals surface area contributed by atoms with E-state index in [4.69, 9.17) is 0 Å². The second-order valence-electron chi connectivity index (χ2n) is 2.91. The molecule has 0 aliphatic heterocycles. The largest absolute Gasteiger partial charge is 0.370 e.